The van der Waals surface area contributed by atoms with Gasteiger partial charge in [0, 0.05) is 32.7 Å². The third-order valence-corrected chi connectivity index (χ3v) is 4.03. The summed E-state index contributed by atoms with van der Waals surface area (Å²) < 4.78 is 5.38. The Bertz CT molecular complexity index is 464. The summed E-state index contributed by atoms with van der Waals surface area (Å²) >= 11 is 6.27. The maximum Gasteiger partial charge on any atom is 0.222 e. The highest BCUT2D eigenvalue weighted by Crippen LogP contribution is 2.26. The summed E-state index contributed by atoms with van der Waals surface area (Å²) in [6, 6.07) is 0.400. The van der Waals surface area contributed by atoms with Gasteiger partial charge < -0.3 is 15.4 Å². The van der Waals surface area contributed by atoms with Gasteiger partial charge >= 0.3 is 0 Å². The van der Waals surface area contributed by atoms with Gasteiger partial charge in [-0.1, -0.05) is 11.6 Å². The number of nitrogen functional groups attached to an aromatic ring is 1. The van der Waals surface area contributed by atoms with Gasteiger partial charge in [0.2, 0.25) is 5.95 Å². The second-order valence-corrected chi connectivity index (χ2v) is 5.56. The number of ether oxygens (including phenoxy) is 1. The Balaban J connectivity index is 2.05. The molecule has 1 aliphatic heterocycles. The number of nitrogens with two attached hydrogens (primary N) is 1. The van der Waals surface area contributed by atoms with E-state index in [-0.39, 0.29) is 5.95 Å². The van der Waals surface area contributed by atoms with Crippen LogP contribution in [0.3, 0.4) is 0 Å². The Morgan fingerprint density at radius 2 is 2.05 bits per heavy atom. The van der Waals surface area contributed by atoms with Crippen molar-refractivity contribution in [1.82, 2.24) is 14.9 Å². The lowest BCUT2D eigenvalue weighted by Crippen LogP contribution is -2.47. The normalized spacial score (nSPS) is 18.0. The van der Waals surface area contributed by atoms with E-state index in [1.165, 1.54) is 0 Å². The monoisotopic (exact) mass is 299 g/mol. The fourth-order valence-electron chi connectivity index (χ4n) is 2.43. The van der Waals surface area contributed by atoms with Crippen molar-refractivity contribution in [2.24, 2.45) is 0 Å². The van der Waals surface area contributed by atoms with Crippen LogP contribution in [0.1, 0.15) is 12.6 Å². The quantitative estimate of drug-likeness (QED) is 0.900. The van der Waals surface area contributed by atoms with E-state index in [1.807, 2.05) is 18.9 Å². The summed E-state index contributed by atoms with van der Waals surface area (Å²) in [5.74, 6) is 0.949. The Hall–Kier alpha value is -1.11. The second kappa shape index (κ2) is 6.56. The summed E-state index contributed by atoms with van der Waals surface area (Å²) in [6.45, 7) is 8.40. The van der Waals surface area contributed by atoms with E-state index in [0.717, 1.165) is 32.8 Å². The molecular weight excluding hydrogens is 278 g/mol. The number of anilines is 2. The predicted molar refractivity (Wildman–Crippen MR) is 81.3 cm³/mol. The van der Waals surface area contributed by atoms with Gasteiger partial charge in [-0.2, -0.15) is 4.98 Å². The van der Waals surface area contributed by atoms with Gasteiger partial charge in [-0.15, -0.1) is 0 Å². The highest BCUT2D eigenvalue weighted by Gasteiger charge is 2.20. The minimum Gasteiger partial charge on any atom is -0.379 e. The maximum absolute atomic E-state index is 6.27. The van der Waals surface area contributed by atoms with Crippen molar-refractivity contribution < 1.29 is 4.74 Å². The fraction of sp³-hybridized carbons (Fsp3) is 0.692. The molecule has 1 aromatic rings. The van der Waals surface area contributed by atoms with Crippen LogP contribution >= 0.6 is 11.6 Å². The minimum absolute atomic E-state index is 0.257. The number of halogens is 1. The molecule has 1 aromatic heterocycles. The molecule has 1 atom stereocenters. The van der Waals surface area contributed by atoms with Gasteiger partial charge in [0.15, 0.2) is 5.82 Å². The molecule has 2 N–H and O–H groups in total. The molecule has 0 radical (unpaired) electrons. The van der Waals surface area contributed by atoms with E-state index in [1.54, 1.807) is 0 Å². The summed E-state index contributed by atoms with van der Waals surface area (Å²) in [7, 11) is 1.98. The molecule has 20 heavy (non-hydrogen) atoms. The standard InChI is InChI=1S/C13H22ClN5O/c1-9(19-4-6-20-7-5-19)8-18(3)12-11(14)10(2)16-13(15)17-12/h9H,4-8H2,1-3H3,(H2,15,16,17). The van der Waals surface area contributed by atoms with Gasteiger partial charge in [-0.25, -0.2) is 4.98 Å². The molecule has 1 unspecified atom stereocenters. The van der Waals surface area contributed by atoms with Gasteiger partial charge in [0.25, 0.3) is 0 Å². The molecule has 112 valence electrons. The molecule has 0 aliphatic carbocycles. The van der Waals surface area contributed by atoms with Crippen LogP contribution in [0.2, 0.25) is 5.02 Å². The van der Waals surface area contributed by atoms with Gasteiger partial charge in [0.05, 0.1) is 18.9 Å². The highest BCUT2D eigenvalue weighted by atomic mass is 35.5. The van der Waals surface area contributed by atoms with Crippen molar-refractivity contribution in [2.45, 2.75) is 19.9 Å². The zero-order valence-electron chi connectivity index (χ0n) is 12.3. The number of aryl methyl sites for hydroxylation is 1. The molecule has 0 aromatic carbocycles. The predicted octanol–water partition coefficient (Wildman–Crippen LogP) is 1.18. The van der Waals surface area contributed by atoms with E-state index >= 15 is 0 Å². The van der Waals surface area contributed by atoms with Crippen LogP contribution in [0.5, 0.6) is 0 Å². The van der Waals surface area contributed by atoms with Crippen LogP contribution in [0.25, 0.3) is 0 Å². The Morgan fingerprint density at radius 3 is 2.70 bits per heavy atom. The lowest BCUT2D eigenvalue weighted by molar-refractivity contribution is 0.0218. The van der Waals surface area contributed by atoms with Crippen molar-refractivity contribution >= 4 is 23.4 Å². The summed E-state index contributed by atoms with van der Waals surface area (Å²) in [5.41, 5.74) is 6.41. The van der Waals surface area contributed by atoms with Crippen molar-refractivity contribution in [1.29, 1.82) is 0 Å². The van der Waals surface area contributed by atoms with Crippen LogP contribution in [0.15, 0.2) is 0 Å². The number of nitrogens with zero attached hydrogens (tertiary/aromatic N) is 4. The van der Waals surface area contributed by atoms with Crippen molar-refractivity contribution in [2.75, 3.05) is 50.5 Å². The summed E-state index contributed by atoms with van der Waals surface area (Å²) in [5, 5.41) is 0.566. The molecule has 2 rings (SSSR count). The van der Waals surface area contributed by atoms with Crippen LogP contribution in [-0.4, -0.2) is 60.8 Å². The molecule has 0 spiro atoms. The molecular formula is C13H22ClN5O. The molecule has 7 heteroatoms. The van der Waals surface area contributed by atoms with Crippen molar-refractivity contribution in [3.05, 3.63) is 10.7 Å². The van der Waals surface area contributed by atoms with Crippen molar-refractivity contribution in [3.63, 3.8) is 0 Å². The SMILES string of the molecule is Cc1nc(N)nc(N(C)CC(C)N2CCOCC2)c1Cl. The molecule has 1 saturated heterocycles. The fourth-order valence-corrected chi connectivity index (χ4v) is 2.66. The average Bonchev–Trinajstić information content (AvgIpc) is 2.43. The number of likely N-dealkylation sites (N-methyl/N-ethyl adjacent to an activating group) is 1. The molecule has 1 aliphatic rings. The van der Waals surface area contributed by atoms with Crippen LogP contribution in [0, 0.1) is 6.92 Å². The first-order chi connectivity index (χ1) is 9.49. The number of rotatable bonds is 4. The zero-order valence-corrected chi connectivity index (χ0v) is 13.0. The molecule has 0 bridgehead atoms. The smallest absolute Gasteiger partial charge is 0.222 e. The number of hydrogen-bond acceptors (Lipinski definition) is 6. The number of hydrogen-bond donors (Lipinski definition) is 1. The maximum atomic E-state index is 6.27. The largest absolute Gasteiger partial charge is 0.379 e. The van der Waals surface area contributed by atoms with Crippen LogP contribution in [0.4, 0.5) is 11.8 Å². The first-order valence-electron chi connectivity index (χ1n) is 6.81. The zero-order chi connectivity index (χ0) is 14.7. The molecule has 0 saturated carbocycles. The average molecular weight is 300 g/mol. The molecule has 6 nitrogen and oxygen atoms in total. The Morgan fingerprint density at radius 1 is 1.40 bits per heavy atom. The van der Waals surface area contributed by atoms with Gasteiger partial charge in [-0.3, -0.25) is 4.90 Å². The summed E-state index contributed by atoms with van der Waals surface area (Å²) in [4.78, 5) is 12.8. The van der Waals surface area contributed by atoms with E-state index in [4.69, 9.17) is 22.1 Å². The molecule has 1 fully saturated rings. The van der Waals surface area contributed by atoms with E-state index in [9.17, 15) is 0 Å². The van der Waals surface area contributed by atoms with Crippen LogP contribution in [-0.2, 0) is 4.74 Å². The lowest BCUT2D eigenvalue weighted by Gasteiger charge is -2.35. The third kappa shape index (κ3) is 3.50. The van der Waals surface area contributed by atoms with Crippen LogP contribution < -0.4 is 10.6 Å². The first kappa shape index (κ1) is 15.3. The Kier molecular flexibility index (Phi) is 5.01. The van der Waals surface area contributed by atoms with Crippen molar-refractivity contribution in [3.8, 4) is 0 Å². The van der Waals surface area contributed by atoms with E-state index in [0.29, 0.717) is 22.6 Å². The number of morpholine rings is 1. The number of aromatic nitrogens is 2. The third-order valence-electron chi connectivity index (χ3n) is 3.59. The van der Waals surface area contributed by atoms with Gasteiger partial charge in [-0.05, 0) is 13.8 Å². The Labute approximate surface area is 124 Å². The molecule has 2 heterocycles. The van der Waals surface area contributed by atoms with E-state index in [2.05, 4.69) is 21.8 Å². The minimum atomic E-state index is 0.257. The summed E-state index contributed by atoms with van der Waals surface area (Å²) in [6.07, 6.45) is 0. The first-order valence-corrected chi connectivity index (χ1v) is 7.19. The lowest BCUT2D eigenvalue weighted by atomic mass is 10.2. The molecule has 0 amide bonds. The highest BCUT2D eigenvalue weighted by molar-refractivity contribution is 6.33. The topological polar surface area (TPSA) is 67.5 Å². The second-order valence-electron chi connectivity index (χ2n) is 5.18. The van der Waals surface area contributed by atoms with E-state index < -0.39 is 0 Å². The van der Waals surface area contributed by atoms with Gasteiger partial charge in [0.1, 0.15) is 5.02 Å².